The second kappa shape index (κ2) is 5.87. The van der Waals surface area contributed by atoms with E-state index in [1.807, 2.05) is 0 Å². The first kappa shape index (κ1) is 14.1. The topological polar surface area (TPSA) is 15.3 Å². The van der Waals surface area contributed by atoms with Gasteiger partial charge < -0.3 is 5.32 Å². The number of hydrogen-bond donors (Lipinski definition) is 1. The molecule has 1 saturated heterocycles. The van der Waals surface area contributed by atoms with Gasteiger partial charge in [-0.1, -0.05) is 38.1 Å². The second-order valence-corrected chi connectivity index (χ2v) is 6.95. The van der Waals surface area contributed by atoms with Crippen LogP contribution in [0.3, 0.4) is 0 Å². The quantitative estimate of drug-likeness (QED) is 0.882. The molecule has 2 fully saturated rings. The van der Waals surface area contributed by atoms with Gasteiger partial charge in [0.05, 0.1) is 0 Å². The minimum atomic E-state index is 0.468. The summed E-state index contributed by atoms with van der Waals surface area (Å²) >= 11 is 0. The first-order valence-corrected chi connectivity index (χ1v) is 8.18. The summed E-state index contributed by atoms with van der Waals surface area (Å²) in [6.45, 7) is 7.00. The zero-order valence-electron chi connectivity index (χ0n) is 13.1. The highest BCUT2D eigenvalue weighted by atomic mass is 15.2. The highest BCUT2D eigenvalue weighted by Crippen LogP contribution is 2.38. The Labute approximate surface area is 123 Å². The van der Waals surface area contributed by atoms with E-state index in [2.05, 4.69) is 55.4 Å². The van der Waals surface area contributed by atoms with E-state index >= 15 is 0 Å². The third kappa shape index (κ3) is 2.77. The molecule has 1 aliphatic heterocycles. The van der Waals surface area contributed by atoms with Crippen LogP contribution in [-0.4, -0.2) is 31.1 Å². The Morgan fingerprint density at radius 1 is 1.15 bits per heavy atom. The predicted octanol–water partition coefficient (Wildman–Crippen LogP) is 3.55. The molecular formula is C18H28N2. The van der Waals surface area contributed by atoms with Gasteiger partial charge in [-0.25, -0.2) is 0 Å². The van der Waals surface area contributed by atoms with Gasteiger partial charge in [-0.3, -0.25) is 4.90 Å². The van der Waals surface area contributed by atoms with Gasteiger partial charge in [-0.15, -0.1) is 0 Å². The van der Waals surface area contributed by atoms with Crippen molar-refractivity contribution in [3.8, 4) is 0 Å². The molecule has 1 saturated carbocycles. The zero-order chi connectivity index (χ0) is 14.1. The van der Waals surface area contributed by atoms with Gasteiger partial charge in [0.1, 0.15) is 0 Å². The highest BCUT2D eigenvalue weighted by molar-refractivity contribution is 5.27. The van der Waals surface area contributed by atoms with Crippen LogP contribution in [0.1, 0.15) is 56.2 Å². The second-order valence-electron chi connectivity index (χ2n) is 6.95. The van der Waals surface area contributed by atoms with Gasteiger partial charge in [0.2, 0.25) is 0 Å². The monoisotopic (exact) mass is 272 g/mol. The van der Waals surface area contributed by atoms with Crippen LogP contribution < -0.4 is 5.32 Å². The first-order valence-electron chi connectivity index (χ1n) is 8.18. The van der Waals surface area contributed by atoms with Crippen LogP contribution in [0.25, 0.3) is 0 Å². The number of hydrogen-bond acceptors (Lipinski definition) is 2. The van der Waals surface area contributed by atoms with Crippen molar-refractivity contribution in [2.45, 2.75) is 51.1 Å². The fraction of sp³-hybridized carbons (Fsp3) is 0.667. The van der Waals surface area contributed by atoms with Crippen molar-refractivity contribution in [3.63, 3.8) is 0 Å². The molecule has 2 heteroatoms. The largest absolute Gasteiger partial charge is 0.312 e. The fourth-order valence-corrected chi connectivity index (χ4v) is 3.96. The lowest BCUT2D eigenvalue weighted by Crippen LogP contribution is -2.38. The summed E-state index contributed by atoms with van der Waals surface area (Å²) < 4.78 is 0. The lowest BCUT2D eigenvalue weighted by atomic mass is 9.98. The van der Waals surface area contributed by atoms with Gasteiger partial charge in [0, 0.05) is 25.2 Å². The maximum atomic E-state index is 3.51. The summed E-state index contributed by atoms with van der Waals surface area (Å²) in [7, 11) is 2.09. The molecule has 1 aromatic carbocycles. The third-order valence-electron chi connectivity index (χ3n) is 5.29. The molecule has 0 radical (unpaired) electrons. The summed E-state index contributed by atoms with van der Waals surface area (Å²) in [6.07, 6.45) is 4.34. The normalized spacial score (nSPS) is 27.4. The third-order valence-corrected chi connectivity index (χ3v) is 5.29. The molecule has 0 aromatic heterocycles. The van der Waals surface area contributed by atoms with Crippen LogP contribution in [0, 0.1) is 5.92 Å². The van der Waals surface area contributed by atoms with Gasteiger partial charge in [0.15, 0.2) is 0 Å². The molecule has 1 aliphatic carbocycles. The Kier molecular flexibility index (Phi) is 4.13. The van der Waals surface area contributed by atoms with Crippen LogP contribution >= 0.6 is 0 Å². The van der Waals surface area contributed by atoms with Crippen molar-refractivity contribution in [1.82, 2.24) is 10.2 Å². The summed E-state index contributed by atoms with van der Waals surface area (Å²) in [5.74, 6) is 1.60. The van der Waals surface area contributed by atoms with Crippen molar-refractivity contribution < 1.29 is 0 Å². The van der Waals surface area contributed by atoms with Crippen LogP contribution in [0.5, 0.6) is 0 Å². The van der Waals surface area contributed by atoms with E-state index in [0.29, 0.717) is 12.0 Å². The van der Waals surface area contributed by atoms with Crippen LogP contribution in [-0.2, 0) is 0 Å². The number of rotatable bonds is 5. The number of fused-ring (bicyclic) bond motifs is 2. The van der Waals surface area contributed by atoms with Gasteiger partial charge >= 0.3 is 0 Å². The number of nitrogens with one attached hydrogen (secondary N) is 1. The summed E-state index contributed by atoms with van der Waals surface area (Å²) in [4.78, 5) is 2.71. The molecule has 3 rings (SSSR count). The molecule has 2 bridgehead atoms. The molecule has 2 nitrogen and oxygen atoms in total. The summed E-state index contributed by atoms with van der Waals surface area (Å²) in [5, 5.41) is 3.51. The summed E-state index contributed by atoms with van der Waals surface area (Å²) in [6, 6.07) is 10.5. The van der Waals surface area contributed by atoms with Gasteiger partial charge in [-0.05, 0) is 49.3 Å². The van der Waals surface area contributed by atoms with Crippen LogP contribution in [0.2, 0.25) is 0 Å². The lowest BCUT2D eigenvalue weighted by molar-refractivity contribution is 0.194. The first-order chi connectivity index (χ1) is 9.67. The van der Waals surface area contributed by atoms with Crippen molar-refractivity contribution in [3.05, 3.63) is 35.4 Å². The molecule has 1 N–H and O–H groups in total. The maximum absolute atomic E-state index is 3.51. The molecular weight excluding hydrogens is 244 g/mol. The van der Waals surface area contributed by atoms with Crippen molar-refractivity contribution in [1.29, 1.82) is 0 Å². The SMILES string of the molecule is CNC(CN1CC2CCC1C2)c1ccc(C(C)C)cc1. The van der Waals surface area contributed by atoms with E-state index in [0.717, 1.165) is 12.0 Å². The minimum Gasteiger partial charge on any atom is -0.312 e. The molecule has 1 heterocycles. The number of likely N-dealkylation sites (N-methyl/N-ethyl adjacent to an activating group) is 1. The Morgan fingerprint density at radius 3 is 2.35 bits per heavy atom. The number of benzene rings is 1. The molecule has 0 spiro atoms. The standard InChI is InChI=1S/C18H28N2/c1-13(2)15-5-7-16(8-6-15)18(19-3)12-20-11-14-4-9-17(20)10-14/h5-8,13-14,17-19H,4,9-12H2,1-3H3. The van der Waals surface area contributed by atoms with E-state index in [1.165, 1.54) is 43.5 Å². The Morgan fingerprint density at radius 2 is 1.85 bits per heavy atom. The lowest BCUT2D eigenvalue weighted by Gasteiger charge is -2.31. The number of likely N-dealkylation sites (tertiary alicyclic amines) is 1. The molecule has 110 valence electrons. The molecule has 20 heavy (non-hydrogen) atoms. The molecule has 3 unspecified atom stereocenters. The average Bonchev–Trinajstić information content (AvgIpc) is 3.07. The maximum Gasteiger partial charge on any atom is 0.0446 e. The van der Waals surface area contributed by atoms with Crippen molar-refractivity contribution in [2.75, 3.05) is 20.1 Å². The van der Waals surface area contributed by atoms with Crippen molar-refractivity contribution >= 4 is 0 Å². The van der Waals surface area contributed by atoms with Crippen LogP contribution in [0.15, 0.2) is 24.3 Å². The Hall–Kier alpha value is -0.860. The molecule has 1 aromatic rings. The smallest absolute Gasteiger partial charge is 0.0446 e. The van der Waals surface area contributed by atoms with E-state index in [9.17, 15) is 0 Å². The van der Waals surface area contributed by atoms with E-state index < -0.39 is 0 Å². The van der Waals surface area contributed by atoms with E-state index in [1.54, 1.807) is 0 Å². The van der Waals surface area contributed by atoms with Crippen molar-refractivity contribution in [2.24, 2.45) is 5.92 Å². The predicted molar refractivity (Wildman–Crippen MR) is 85.0 cm³/mol. The minimum absolute atomic E-state index is 0.468. The van der Waals surface area contributed by atoms with Gasteiger partial charge in [-0.2, -0.15) is 0 Å². The van der Waals surface area contributed by atoms with Crippen LogP contribution in [0.4, 0.5) is 0 Å². The molecule has 3 atom stereocenters. The Balaban J connectivity index is 1.66. The fourth-order valence-electron chi connectivity index (χ4n) is 3.96. The highest BCUT2D eigenvalue weighted by Gasteiger charge is 2.38. The number of nitrogens with zero attached hydrogens (tertiary/aromatic N) is 1. The van der Waals surface area contributed by atoms with E-state index in [-0.39, 0.29) is 0 Å². The van der Waals surface area contributed by atoms with E-state index in [4.69, 9.17) is 0 Å². The van der Waals surface area contributed by atoms with Gasteiger partial charge in [0.25, 0.3) is 0 Å². The molecule has 0 amide bonds. The Bertz CT molecular complexity index is 437. The zero-order valence-corrected chi connectivity index (χ0v) is 13.1. The summed E-state index contributed by atoms with van der Waals surface area (Å²) in [5.41, 5.74) is 2.86. The number of piperidine rings is 1. The molecule has 2 aliphatic rings. The average molecular weight is 272 g/mol.